The van der Waals surface area contributed by atoms with E-state index in [1.165, 1.54) is 16.9 Å². The molecule has 0 bridgehead atoms. The molecule has 0 saturated heterocycles. The number of nitrogens with one attached hydrogen (secondary N) is 1. The second-order valence-electron chi connectivity index (χ2n) is 5.62. The Bertz CT molecular complexity index is 840. The number of carbonyl (C=O) groups excluding carboxylic acids is 1. The van der Waals surface area contributed by atoms with Crippen molar-refractivity contribution in [1.82, 2.24) is 4.98 Å². The summed E-state index contributed by atoms with van der Waals surface area (Å²) in [6.45, 7) is 4.67. The molecule has 0 aliphatic carbocycles. The Labute approximate surface area is 145 Å². The molecule has 1 amide bonds. The Kier molecular flexibility index (Phi) is 5.11. The fourth-order valence-corrected chi connectivity index (χ4v) is 3.42. The van der Waals surface area contributed by atoms with Gasteiger partial charge < -0.3 is 10.1 Å². The first kappa shape index (κ1) is 16.5. The number of amides is 1. The van der Waals surface area contributed by atoms with E-state index in [-0.39, 0.29) is 5.91 Å². The van der Waals surface area contributed by atoms with Gasteiger partial charge in [0.05, 0.1) is 16.8 Å². The molecule has 0 unspecified atom stereocenters. The molecule has 0 fully saturated rings. The number of nitrogens with zero attached hydrogens (tertiary/aromatic N) is 1. The van der Waals surface area contributed by atoms with E-state index in [1.54, 1.807) is 0 Å². The van der Waals surface area contributed by atoms with E-state index in [0.29, 0.717) is 24.6 Å². The van der Waals surface area contributed by atoms with Gasteiger partial charge in [0, 0.05) is 6.42 Å². The van der Waals surface area contributed by atoms with Crippen LogP contribution in [0.5, 0.6) is 5.75 Å². The summed E-state index contributed by atoms with van der Waals surface area (Å²) in [6, 6.07) is 14.0. The minimum atomic E-state index is -0.0142. The van der Waals surface area contributed by atoms with Crippen molar-refractivity contribution in [1.29, 1.82) is 0 Å². The number of anilines is 1. The maximum absolute atomic E-state index is 12.1. The summed E-state index contributed by atoms with van der Waals surface area (Å²) in [7, 11) is 0. The Morgan fingerprint density at radius 1 is 1.21 bits per heavy atom. The van der Waals surface area contributed by atoms with Gasteiger partial charge in [-0.25, -0.2) is 4.98 Å². The summed E-state index contributed by atoms with van der Waals surface area (Å²) >= 11 is 1.51. The van der Waals surface area contributed by atoms with Gasteiger partial charge >= 0.3 is 0 Å². The molecule has 0 radical (unpaired) electrons. The van der Waals surface area contributed by atoms with E-state index < -0.39 is 0 Å². The maximum Gasteiger partial charge on any atom is 0.226 e. The lowest BCUT2D eigenvalue weighted by Crippen LogP contribution is -2.12. The van der Waals surface area contributed by atoms with Crippen molar-refractivity contribution in [2.45, 2.75) is 26.7 Å². The first-order valence-electron chi connectivity index (χ1n) is 8.03. The van der Waals surface area contributed by atoms with Gasteiger partial charge in [-0.1, -0.05) is 29.5 Å². The topological polar surface area (TPSA) is 51.2 Å². The lowest BCUT2D eigenvalue weighted by Gasteiger charge is -2.05. The van der Waals surface area contributed by atoms with E-state index in [1.807, 2.05) is 50.2 Å². The zero-order valence-corrected chi connectivity index (χ0v) is 14.7. The van der Waals surface area contributed by atoms with Crippen LogP contribution in [0.25, 0.3) is 10.2 Å². The van der Waals surface area contributed by atoms with Crippen molar-refractivity contribution in [2.75, 3.05) is 11.9 Å². The molecule has 3 aromatic rings. The second kappa shape index (κ2) is 7.45. The van der Waals surface area contributed by atoms with E-state index in [9.17, 15) is 4.79 Å². The molecule has 124 valence electrons. The second-order valence-corrected chi connectivity index (χ2v) is 6.65. The number of benzene rings is 2. The van der Waals surface area contributed by atoms with Crippen LogP contribution < -0.4 is 10.1 Å². The number of aromatic nitrogens is 1. The highest BCUT2D eigenvalue weighted by molar-refractivity contribution is 7.22. The quantitative estimate of drug-likeness (QED) is 0.715. The van der Waals surface area contributed by atoms with Crippen LogP contribution in [0.4, 0.5) is 5.13 Å². The fourth-order valence-electron chi connectivity index (χ4n) is 2.44. The number of carbonyl (C=O) groups is 1. The molecular weight excluding hydrogens is 320 g/mol. The third-order valence-corrected chi connectivity index (χ3v) is 4.60. The molecule has 24 heavy (non-hydrogen) atoms. The summed E-state index contributed by atoms with van der Waals surface area (Å²) in [6.07, 6.45) is 1.13. The first-order valence-corrected chi connectivity index (χ1v) is 8.84. The standard InChI is InChI=1S/C19H20N2O2S/c1-3-23-15-8-5-14(6-9-15)7-11-18(22)21-19-20-16-10-4-13(2)12-17(16)24-19/h4-6,8-10,12H,3,7,11H2,1-2H3,(H,20,21,22). The Balaban J connectivity index is 1.56. The number of fused-ring (bicyclic) bond motifs is 1. The van der Waals surface area contributed by atoms with Crippen LogP contribution in [0.15, 0.2) is 42.5 Å². The summed E-state index contributed by atoms with van der Waals surface area (Å²) in [5.74, 6) is 0.843. The fraction of sp³-hybridized carbons (Fsp3) is 0.263. The van der Waals surface area contributed by atoms with Crippen molar-refractivity contribution in [2.24, 2.45) is 0 Å². The Hall–Kier alpha value is -2.40. The largest absolute Gasteiger partial charge is 0.494 e. The van der Waals surface area contributed by atoms with Crippen LogP contribution in [0, 0.1) is 6.92 Å². The molecule has 0 saturated carbocycles. The highest BCUT2D eigenvalue weighted by atomic mass is 32.1. The lowest BCUT2D eigenvalue weighted by atomic mass is 10.1. The van der Waals surface area contributed by atoms with Gasteiger partial charge in [-0.05, 0) is 55.7 Å². The van der Waals surface area contributed by atoms with E-state index in [2.05, 4.69) is 16.4 Å². The Morgan fingerprint density at radius 3 is 2.75 bits per heavy atom. The normalized spacial score (nSPS) is 10.8. The van der Waals surface area contributed by atoms with Crippen LogP contribution in [0.3, 0.4) is 0 Å². The third kappa shape index (κ3) is 4.11. The summed E-state index contributed by atoms with van der Waals surface area (Å²) in [5, 5.41) is 3.56. The van der Waals surface area contributed by atoms with Crippen molar-refractivity contribution >= 4 is 32.6 Å². The molecule has 0 aliphatic rings. The van der Waals surface area contributed by atoms with Gasteiger partial charge in [0.15, 0.2) is 5.13 Å². The van der Waals surface area contributed by atoms with Crippen LogP contribution in [0.1, 0.15) is 24.5 Å². The van der Waals surface area contributed by atoms with Gasteiger partial charge in [0.2, 0.25) is 5.91 Å². The number of hydrogen-bond donors (Lipinski definition) is 1. The number of rotatable bonds is 6. The van der Waals surface area contributed by atoms with E-state index in [4.69, 9.17) is 4.74 Å². The van der Waals surface area contributed by atoms with Gasteiger partial charge in [-0.2, -0.15) is 0 Å². The highest BCUT2D eigenvalue weighted by Gasteiger charge is 2.08. The number of aryl methyl sites for hydroxylation is 2. The molecule has 3 rings (SSSR count). The van der Waals surface area contributed by atoms with Gasteiger partial charge in [0.25, 0.3) is 0 Å². The van der Waals surface area contributed by atoms with Crippen molar-refractivity contribution < 1.29 is 9.53 Å². The van der Waals surface area contributed by atoms with Gasteiger partial charge in [0.1, 0.15) is 5.75 Å². The molecule has 0 aliphatic heterocycles. The minimum Gasteiger partial charge on any atom is -0.494 e. The molecule has 4 nitrogen and oxygen atoms in total. The zero-order valence-electron chi connectivity index (χ0n) is 13.8. The van der Waals surface area contributed by atoms with Gasteiger partial charge in [-0.3, -0.25) is 4.79 Å². The SMILES string of the molecule is CCOc1ccc(CCC(=O)Nc2nc3ccc(C)cc3s2)cc1. The smallest absolute Gasteiger partial charge is 0.226 e. The molecule has 1 heterocycles. The molecule has 1 N–H and O–H groups in total. The average Bonchev–Trinajstić information content (AvgIpc) is 2.95. The first-order chi connectivity index (χ1) is 11.6. The molecule has 0 atom stereocenters. The number of ether oxygens (including phenoxy) is 1. The predicted octanol–water partition coefficient (Wildman–Crippen LogP) is 4.57. The van der Waals surface area contributed by atoms with Crippen LogP contribution in [-0.4, -0.2) is 17.5 Å². The van der Waals surface area contributed by atoms with Crippen molar-refractivity contribution in [3.8, 4) is 5.75 Å². The number of thiazole rings is 1. The summed E-state index contributed by atoms with van der Waals surface area (Å²) in [4.78, 5) is 16.6. The predicted molar refractivity (Wildman–Crippen MR) is 98.9 cm³/mol. The van der Waals surface area contributed by atoms with E-state index in [0.717, 1.165) is 21.5 Å². The lowest BCUT2D eigenvalue weighted by molar-refractivity contribution is -0.116. The molecular formula is C19H20N2O2S. The molecule has 5 heteroatoms. The zero-order chi connectivity index (χ0) is 16.9. The molecule has 2 aromatic carbocycles. The van der Waals surface area contributed by atoms with Crippen molar-refractivity contribution in [3.05, 3.63) is 53.6 Å². The monoisotopic (exact) mass is 340 g/mol. The van der Waals surface area contributed by atoms with Crippen LogP contribution in [-0.2, 0) is 11.2 Å². The van der Waals surface area contributed by atoms with Gasteiger partial charge in [-0.15, -0.1) is 0 Å². The van der Waals surface area contributed by atoms with Crippen LogP contribution in [0.2, 0.25) is 0 Å². The van der Waals surface area contributed by atoms with E-state index >= 15 is 0 Å². The summed E-state index contributed by atoms with van der Waals surface area (Å²) in [5.41, 5.74) is 3.24. The molecule has 1 aromatic heterocycles. The average molecular weight is 340 g/mol. The van der Waals surface area contributed by atoms with Crippen LogP contribution >= 0.6 is 11.3 Å². The molecule has 0 spiro atoms. The third-order valence-electron chi connectivity index (χ3n) is 3.67. The Morgan fingerprint density at radius 2 is 2.00 bits per heavy atom. The minimum absolute atomic E-state index is 0.0142. The van der Waals surface area contributed by atoms with Crippen molar-refractivity contribution in [3.63, 3.8) is 0 Å². The number of hydrogen-bond acceptors (Lipinski definition) is 4. The maximum atomic E-state index is 12.1. The summed E-state index contributed by atoms with van der Waals surface area (Å²) < 4.78 is 6.51. The highest BCUT2D eigenvalue weighted by Crippen LogP contribution is 2.26.